The van der Waals surface area contributed by atoms with Gasteiger partial charge in [-0.1, -0.05) is 24.3 Å². The Kier molecular flexibility index (Phi) is 4.16. The van der Waals surface area contributed by atoms with Crippen LogP contribution in [-0.4, -0.2) is 48.6 Å². The first-order chi connectivity index (χ1) is 9.36. The minimum absolute atomic E-state index is 0.659. The normalized spacial score (nSPS) is 24.6. The molecule has 3 rings (SSSR count). The van der Waals surface area contributed by atoms with Crippen molar-refractivity contribution < 1.29 is 0 Å². The molecular formula is C16H25N3. The maximum atomic E-state index is 5.81. The van der Waals surface area contributed by atoms with Crippen molar-refractivity contribution in [1.82, 2.24) is 9.80 Å². The number of piperazine rings is 1. The summed E-state index contributed by atoms with van der Waals surface area (Å²) in [6, 6.07) is 9.43. The number of rotatable bonds is 4. The zero-order chi connectivity index (χ0) is 13.1. The Morgan fingerprint density at radius 2 is 1.95 bits per heavy atom. The first kappa shape index (κ1) is 13.1. The molecule has 0 bridgehead atoms. The van der Waals surface area contributed by atoms with Gasteiger partial charge in [0.05, 0.1) is 0 Å². The van der Waals surface area contributed by atoms with Crippen molar-refractivity contribution in [1.29, 1.82) is 0 Å². The third-order valence-corrected chi connectivity index (χ3v) is 4.71. The van der Waals surface area contributed by atoms with Gasteiger partial charge >= 0.3 is 0 Å². The van der Waals surface area contributed by atoms with E-state index in [2.05, 4.69) is 34.1 Å². The fraction of sp³-hybridized carbons (Fsp3) is 0.625. The average Bonchev–Trinajstić information content (AvgIpc) is 2.93. The molecule has 3 nitrogen and oxygen atoms in total. The maximum absolute atomic E-state index is 5.81. The minimum atomic E-state index is 0.659. The van der Waals surface area contributed by atoms with Gasteiger partial charge in [-0.3, -0.25) is 4.90 Å². The Hall–Kier alpha value is -0.900. The van der Waals surface area contributed by atoms with E-state index in [-0.39, 0.29) is 0 Å². The van der Waals surface area contributed by atoms with Gasteiger partial charge in [-0.15, -0.1) is 0 Å². The maximum Gasteiger partial charge on any atom is 0.0224 e. The fourth-order valence-corrected chi connectivity index (χ4v) is 3.54. The second-order valence-electron chi connectivity index (χ2n) is 5.86. The largest absolute Gasteiger partial charge is 0.326 e. The van der Waals surface area contributed by atoms with E-state index in [4.69, 9.17) is 5.73 Å². The third kappa shape index (κ3) is 2.99. The van der Waals surface area contributed by atoms with Crippen LogP contribution < -0.4 is 5.73 Å². The van der Waals surface area contributed by atoms with E-state index >= 15 is 0 Å². The zero-order valence-electron chi connectivity index (χ0n) is 11.7. The highest BCUT2D eigenvalue weighted by Crippen LogP contribution is 2.21. The van der Waals surface area contributed by atoms with Gasteiger partial charge in [0.25, 0.3) is 0 Å². The van der Waals surface area contributed by atoms with Crippen LogP contribution in [0.1, 0.15) is 24.0 Å². The van der Waals surface area contributed by atoms with Gasteiger partial charge in [0.15, 0.2) is 0 Å². The molecule has 0 radical (unpaired) electrons. The first-order valence-electron chi connectivity index (χ1n) is 7.60. The summed E-state index contributed by atoms with van der Waals surface area (Å²) in [5.41, 5.74) is 8.55. The van der Waals surface area contributed by atoms with Gasteiger partial charge in [0.2, 0.25) is 0 Å². The molecule has 104 valence electrons. The Morgan fingerprint density at radius 3 is 2.79 bits per heavy atom. The van der Waals surface area contributed by atoms with Crippen molar-refractivity contribution >= 4 is 0 Å². The molecule has 0 aromatic heterocycles. The molecule has 2 heterocycles. The number of hydrogen-bond donors (Lipinski definition) is 1. The molecule has 3 heteroatoms. The number of nitrogens with zero attached hydrogens (tertiary/aromatic N) is 2. The fourth-order valence-electron chi connectivity index (χ4n) is 3.54. The van der Waals surface area contributed by atoms with Gasteiger partial charge in [-0.25, -0.2) is 0 Å². The summed E-state index contributed by atoms with van der Waals surface area (Å²) in [7, 11) is 0. The van der Waals surface area contributed by atoms with Gasteiger partial charge in [0, 0.05) is 38.8 Å². The van der Waals surface area contributed by atoms with Crippen LogP contribution in [-0.2, 0) is 13.0 Å². The van der Waals surface area contributed by atoms with Gasteiger partial charge in [0.1, 0.15) is 0 Å². The lowest BCUT2D eigenvalue weighted by Gasteiger charge is -2.37. The zero-order valence-corrected chi connectivity index (χ0v) is 11.7. The lowest BCUT2D eigenvalue weighted by atomic mass is 10.0. The van der Waals surface area contributed by atoms with Crippen molar-refractivity contribution in [3.05, 3.63) is 35.4 Å². The molecule has 19 heavy (non-hydrogen) atoms. The SMILES string of the molecule is NCc1ccccc1CCN1CCN2CCCC2C1. The Morgan fingerprint density at radius 1 is 1.11 bits per heavy atom. The molecule has 0 spiro atoms. The lowest BCUT2D eigenvalue weighted by molar-refractivity contribution is 0.105. The molecule has 2 N–H and O–H groups in total. The van der Waals surface area contributed by atoms with Crippen LogP contribution in [0, 0.1) is 0 Å². The van der Waals surface area contributed by atoms with Gasteiger partial charge < -0.3 is 10.6 Å². The topological polar surface area (TPSA) is 32.5 Å². The van der Waals surface area contributed by atoms with E-state index < -0.39 is 0 Å². The van der Waals surface area contributed by atoms with Crippen LogP contribution in [0.5, 0.6) is 0 Å². The molecule has 2 fully saturated rings. The van der Waals surface area contributed by atoms with E-state index in [1.54, 1.807) is 0 Å². The van der Waals surface area contributed by atoms with Crippen LogP contribution in [0.2, 0.25) is 0 Å². The highest BCUT2D eigenvalue weighted by Gasteiger charge is 2.30. The van der Waals surface area contributed by atoms with E-state index in [0.29, 0.717) is 6.54 Å². The quantitative estimate of drug-likeness (QED) is 0.889. The summed E-state index contributed by atoms with van der Waals surface area (Å²) in [6.45, 7) is 6.94. The van der Waals surface area contributed by atoms with E-state index in [1.807, 2.05) is 0 Å². The molecule has 1 aromatic carbocycles. The highest BCUT2D eigenvalue weighted by molar-refractivity contribution is 5.27. The predicted octanol–water partition coefficient (Wildman–Crippen LogP) is 1.47. The highest BCUT2D eigenvalue weighted by atomic mass is 15.3. The van der Waals surface area contributed by atoms with E-state index in [1.165, 1.54) is 56.7 Å². The third-order valence-electron chi connectivity index (χ3n) is 4.71. The van der Waals surface area contributed by atoms with Crippen molar-refractivity contribution in [3.63, 3.8) is 0 Å². The summed E-state index contributed by atoms with van der Waals surface area (Å²) < 4.78 is 0. The van der Waals surface area contributed by atoms with Crippen LogP contribution in [0.4, 0.5) is 0 Å². The lowest BCUT2D eigenvalue weighted by Crippen LogP contribution is -2.50. The van der Waals surface area contributed by atoms with Gasteiger partial charge in [-0.2, -0.15) is 0 Å². The van der Waals surface area contributed by atoms with Crippen LogP contribution >= 0.6 is 0 Å². The number of nitrogens with two attached hydrogens (primary N) is 1. The molecule has 2 aliphatic rings. The standard InChI is InChI=1S/C16H25N3/c17-12-15-5-2-1-4-14(15)7-9-18-10-11-19-8-3-6-16(19)13-18/h1-2,4-5,16H,3,6-13,17H2. The summed E-state index contributed by atoms with van der Waals surface area (Å²) in [6.07, 6.45) is 3.94. The number of hydrogen-bond acceptors (Lipinski definition) is 3. The van der Waals surface area contributed by atoms with Crippen LogP contribution in [0.3, 0.4) is 0 Å². The Balaban J connectivity index is 1.54. The second-order valence-corrected chi connectivity index (χ2v) is 5.86. The monoisotopic (exact) mass is 259 g/mol. The van der Waals surface area contributed by atoms with Gasteiger partial charge in [-0.05, 0) is 36.9 Å². The molecule has 1 atom stereocenters. The first-order valence-corrected chi connectivity index (χ1v) is 7.60. The second kappa shape index (κ2) is 6.04. The smallest absolute Gasteiger partial charge is 0.0224 e. The Bertz CT molecular complexity index is 418. The van der Waals surface area contributed by atoms with Crippen molar-refractivity contribution in [2.45, 2.75) is 31.8 Å². The number of fused-ring (bicyclic) bond motifs is 1. The summed E-state index contributed by atoms with van der Waals surface area (Å²) in [5.74, 6) is 0. The predicted molar refractivity (Wildman–Crippen MR) is 79.1 cm³/mol. The molecule has 2 saturated heterocycles. The van der Waals surface area contributed by atoms with E-state index in [9.17, 15) is 0 Å². The van der Waals surface area contributed by atoms with Crippen molar-refractivity contribution in [3.8, 4) is 0 Å². The van der Waals surface area contributed by atoms with Crippen molar-refractivity contribution in [2.75, 3.05) is 32.7 Å². The summed E-state index contributed by atoms with van der Waals surface area (Å²) in [5, 5.41) is 0. The number of benzene rings is 1. The summed E-state index contributed by atoms with van der Waals surface area (Å²) >= 11 is 0. The molecule has 0 amide bonds. The molecule has 1 unspecified atom stereocenters. The minimum Gasteiger partial charge on any atom is -0.326 e. The van der Waals surface area contributed by atoms with E-state index in [0.717, 1.165) is 12.5 Å². The molecule has 2 aliphatic heterocycles. The molecular weight excluding hydrogens is 234 g/mol. The summed E-state index contributed by atoms with van der Waals surface area (Å²) in [4.78, 5) is 5.31. The molecule has 0 saturated carbocycles. The van der Waals surface area contributed by atoms with Crippen molar-refractivity contribution in [2.24, 2.45) is 5.73 Å². The molecule has 1 aromatic rings. The average molecular weight is 259 g/mol. The van der Waals surface area contributed by atoms with Crippen LogP contribution in [0.25, 0.3) is 0 Å². The van der Waals surface area contributed by atoms with Crippen LogP contribution in [0.15, 0.2) is 24.3 Å². The molecule has 0 aliphatic carbocycles. The Labute approximate surface area is 116 Å².